The molecule has 0 bridgehead atoms. The van der Waals surface area contributed by atoms with Gasteiger partial charge in [-0.25, -0.2) is 0 Å². The number of para-hydroxylation sites is 1. The van der Waals surface area contributed by atoms with Gasteiger partial charge in [-0.05, 0) is 42.9 Å². The molecule has 0 radical (unpaired) electrons. The van der Waals surface area contributed by atoms with Crippen LogP contribution in [0.5, 0.6) is 0 Å². The van der Waals surface area contributed by atoms with Gasteiger partial charge in [0.2, 0.25) is 5.91 Å². The van der Waals surface area contributed by atoms with Gasteiger partial charge in [0.15, 0.2) is 5.11 Å². The first kappa shape index (κ1) is 23.4. The van der Waals surface area contributed by atoms with Gasteiger partial charge in [-0.1, -0.05) is 18.2 Å². The summed E-state index contributed by atoms with van der Waals surface area (Å²) in [6, 6.07) is 10.9. The molecule has 1 aromatic carbocycles. The molecule has 9 nitrogen and oxygen atoms in total. The van der Waals surface area contributed by atoms with Crippen LogP contribution < -0.4 is 10.6 Å². The predicted octanol–water partition coefficient (Wildman–Crippen LogP) is 2.21. The maximum Gasteiger partial charge on any atom is 0.266 e. The van der Waals surface area contributed by atoms with Crippen molar-refractivity contribution in [1.29, 1.82) is 0 Å². The average molecular weight is 481 g/mol. The molecule has 10 heteroatoms. The Bertz CT molecular complexity index is 1260. The second-order valence-corrected chi connectivity index (χ2v) is 8.10. The summed E-state index contributed by atoms with van der Waals surface area (Å²) >= 11 is 5.20. The van der Waals surface area contributed by atoms with Crippen LogP contribution in [0.15, 0.2) is 58.8 Å². The number of amides is 3. The van der Waals surface area contributed by atoms with Gasteiger partial charge in [-0.3, -0.25) is 24.6 Å². The first-order valence-electron chi connectivity index (χ1n) is 10.7. The molecule has 1 fully saturated rings. The third kappa shape index (κ3) is 5.08. The summed E-state index contributed by atoms with van der Waals surface area (Å²) in [7, 11) is 1.62. The van der Waals surface area contributed by atoms with Crippen LogP contribution in [0.3, 0.4) is 0 Å². The highest BCUT2D eigenvalue weighted by Crippen LogP contribution is 2.25. The van der Waals surface area contributed by atoms with E-state index in [1.807, 2.05) is 24.3 Å². The molecule has 0 aliphatic carbocycles. The van der Waals surface area contributed by atoms with E-state index in [4.69, 9.17) is 21.4 Å². The lowest BCUT2D eigenvalue weighted by atomic mass is 10.1. The number of thiocarbonyl (C=S) groups is 1. The van der Waals surface area contributed by atoms with Crippen molar-refractivity contribution in [2.75, 3.05) is 20.3 Å². The van der Waals surface area contributed by atoms with Crippen LogP contribution in [-0.2, 0) is 32.2 Å². The van der Waals surface area contributed by atoms with Crippen molar-refractivity contribution in [3.63, 3.8) is 0 Å². The number of fused-ring (bicyclic) bond motifs is 1. The molecular weight excluding hydrogens is 456 g/mol. The van der Waals surface area contributed by atoms with Crippen LogP contribution >= 0.6 is 12.2 Å². The van der Waals surface area contributed by atoms with Crippen LogP contribution in [0.1, 0.15) is 17.7 Å². The third-order valence-electron chi connectivity index (χ3n) is 5.36. The Balaban J connectivity index is 1.60. The third-order valence-corrected chi connectivity index (χ3v) is 5.68. The molecule has 3 heterocycles. The van der Waals surface area contributed by atoms with Gasteiger partial charge in [0.05, 0.1) is 12.8 Å². The molecule has 4 rings (SSSR count). The lowest BCUT2D eigenvalue weighted by Gasteiger charge is -2.28. The summed E-state index contributed by atoms with van der Waals surface area (Å²) in [5, 5.41) is 6.27. The SMILES string of the molecule is COCCCNC(=O)Cn1cc(/C=C2\C(=O)NC(=S)N(Cc3ccco3)C2=O)c2ccccc21. The van der Waals surface area contributed by atoms with E-state index in [0.29, 0.717) is 24.5 Å². The molecule has 34 heavy (non-hydrogen) atoms. The number of nitrogens with zero attached hydrogens (tertiary/aromatic N) is 2. The number of carbonyl (C=O) groups excluding carboxylic acids is 3. The van der Waals surface area contributed by atoms with Crippen LogP contribution in [0.2, 0.25) is 0 Å². The standard InChI is InChI=1S/C24H24N4O5S/c1-32-10-5-9-25-21(29)15-27-13-16(18-7-2-3-8-20(18)27)12-19-22(30)26-24(34)28(23(19)31)14-17-6-4-11-33-17/h2-4,6-8,11-13H,5,9-10,14-15H2,1H3,(H,25,29)(H,26,30,34)/b19-12+. The molecule has 0 unspecified atom stereocenters. The Hall–Kier alpha value is -3.76. The number of ether oxygens (including phenoxy) is 1. The largest absolute Gasteiger partial charge is 0.467 e. The number of methoxy groups -OCH3 is 1. The highest BCUT2D eigenvalue weighted by atomic mass is 32.1. The van der Waals surface area contributed by atoms with Gasteiger partial charge in [-0.2, -0.15) is 0 Å². The van der Waals surface area contributed by atoms with Crippen LogP contribution in [0, 0.1) is 0 Å². The van der Waals surface area contributed by atoms with E-state index in [-0.39, 0.29) is 29.7 Å². The summed E-state index contributed by atoms with van der Waals surface area (Å²) in [5.74, 6) is -0.687. The molecule has 1 aliphatic rings. The number of hydrogen-bond donors (Lipinski definition) is 2. The van der Waals surface area contributed by atoms with E-state index >= 15 is 0 Å². The van der Waals surface area contributed by atoms with Crippen molar-refractivity contribution in [3.05, 3.63) is 65.8 Å². The maximum absolute atomic E-state index is 13.2. The lowest BCUT2D eigenvalue weighted by Crippen LogP contribution is -2.53. The maximum atomic E-state index is 13.2. The summed E-state index contributed by atoms with van der Waals surface area (Å²) in [5.41, 5.74) is 1.41. The van der Waals surface area contributed by atoms with Gasteiger partial charge in [0.25, 0.3) is 11.8 Å². The lowest BCUT2D eigenvalue weighted by molar-refractivity contribution is -0.129. The van der Waals surface area contributed by atoms with Gasteiger partial charge < -0.3 is 19.0 Å². The molecule has 3 amide bonds. The van der Waals surface area contributed by atoms with Crippen LogP contribution in [0.4, 0.5) is 0 Å². The van der Waals surface area contributed by atoms with Crippen molar-refractivity contribution < 1.29 is 23.5 Å². The van der Waals surface area contributed by atoms with E-state index in [1.165, 1.54) is 17.2 Å². The molecule has 3 aromatic rings. The average Bonchev–Trinajstić information content (AvgIpc) is 3.45. The minimum absolute atomic E-state index is 0.0242. The van der Waals surface area contributed by atoms with Gasteiger partial charge in [0.1, 0.15) is 17.9 Å². The summed E-state index contributed by atoms with van der Waals surface area (Å²) in [6.45, 7) is 1.29. The van der Waals surface area contributed by atoms with E-state index in [0.717, 1.165) is 17.3 Å². The van der Waals surface area contributed by atoms with Crippen molar-refractivity contribution >= 4 is 52.0 Å². The zero-order valence-corrected chi connectivity index (χ0v) is 19.4. The van der Waals surface area contributed by atoms with E-state index in [9.17, 15) is 14.4 Å². The van der Waals surface area contributed by atoms with E-state index < -0.39 is 11.8 Å². The Morgan fingerprint density at radius 3 is 2.82 bits per heavy atom. The van der Waals surface area contributed by atoms with Gasteiger partial charge in [0, 0.05) is 42.9 Å². The second-order valence-electron chi connectivity index (χ2n) is 7.71. The van der Waals surface area contributed by atoms with Crippen LogP contribution in [0.25, 0.3) is 17.0 Å². The monoisotopic (exact) mass is 480 g/mol. The number of hydrogen-bond acceptors (Lipinski definition) is 6. The van der Waals surface area contributed by atoms with Gasteiger partial charge >= 0.3 is 0 Å². The fourth-order valence-electron chi connectivity index (χ4n) is 3.73. The molecule has 0 atom stereocenters. The molecular formula is C24H24N4O5S. The Kier molecular flexibility index (Phi) is 7.19. The second kappa shape index (κ2) is 10.4. The molecule has 1 aliphatic heterocycles. The molecule has 0 spiro atoms. The Morgan fingerprint density at radius 2 is 2.06 bits per heavy atom. The number of benzene rings is 1. The highest BCUT2D eigenvalue weighted by molar-refractivity contribution is 7.80. The fraction of sp³-hybridized carbons (Fsp3) is 0.250. The van der Waals surface area contributed by atoms with Crippen LogP contribution in [-0.4, -0.2) is 52.6 Å². The Morgan fingerprint density at radius 1 is 1.24 bits per heavy atom. The summed E-state index contributed by atoms with van der Waals surface area (Å²) < 4.78 is 12.1. The molecule has 176 valence electrons. The molecule has 2 aromatic heterocycles. The highest BCUT2D eigenvalue weighted by Gasteiger charge is 2.34. The number of aromatic nitrogens is 1. The van der Waals surface area contributed by atoms with E-state index in [2.05, 4.69) is 10.6 Å². The first-order valence-corrected chi connectivity index (χ1v) is 11.1. The van der Waals surface area contributed by atoms with E-state index in [1.54, 1.807) is 30.0 Å². The number of nitrogens with one attached hydrogen (secondary N) is 2. The Labute approximate surface area is 201 Å². The van der Waals surface area contributed by atoms with Crippen molar-refractivity contribution in [2.45, 2.75) is 19.5 Å². The minimum Gasteiger partial charge on any atom is -0.467 e. The minimum atomic E-state index is -0.571. The predicted molar refractivity (Wildman–Crippen MR) is 129 cm³/mol. The number of rotatable bonds is 9. The molecule has 2 N–H and O–H groups in total. The topological polar surface area (TPSA) is 106 Å². The van der Waals surface area contributed by atoms with Crippen molar-refractivity contribution in [1.82, 2.24) is 20.1 Å². The summed E-state index contributed by atoms with van der Waals surface area (Å²) in [6.07, 6.45) is 5.52. The summed E-state index contributed by atoms with van der Waals surface area (Å²) in [4.78, 5) is 39.5. The number of furan rings is 1. The van der Waals surface area contributed by atoms with Crippen molar-refractivity contribution in [3.8, 4) is 0 Å². The zero-order valence-electron chi connectivity index (χ0n) is 18.6. The zero-order chi connectivity index (χ0) is 24.1. The quantitative estimate of drug-likeness (QED) is 0.211. The smallest absolute Gasteiger partial charge is 0.266 e. The van der Waals surface area contributed by atoms with Gasteiger partial charge in [-0.15, -0.1) is 0 Å². The van der Waals surface area contributed by atoms with Crippen molar-refractivity contribution in [2.24, 2.45) is 0 Å². The normalized spacial score (nSPS) is 15.3. The number of carbonyl (C=O) groups is 3. The first-order chi connectivity index (χ1) is 16.5. The molecule has 1 saturated heterocycles. The fourth-order valence-corrected chi connectivity index (χ4v) is 3.97. The molecule has 0 saturated carbocycles.